The Morgan fingerprint density at radius 1 is 1.67 bits per heavy atom. The van der Waals surface area contributed by atoms with Crippen LogP contribution in [0.4, 0.5) is 0 Å². The highest BCUT2D eigenvalue weighted by Gasteiger charge is 2.18. The van der Waals surface area contributed by atoms with Crippen molar-refractivity contribution in [2.45, 2.75) is 17.3 Å². The molecule has 0 bridgehead atoms. The van der Waals surface area contributed by atoms with E-state index in [9.17, 15) is 0 Å². The number of hydrogen-bond acceptors (Lipinski definition) is 3. The van der Waals surface area contributed by atoms with Crippen molar-refractivity contribution in [3.8, 4) is 0 Å². The van der Waals surface area contributed by atoms with Crippen molar-refractivity contribution < 1.29 is 0 Å². The molecule has 2 nitrogen and oxygen atoms in total. The summed E-state index contributed by atoms with van der Waals surface area (Å²) in [6.45, 7) is 4.24. The molecule has 1 rings (SSSR count). The first kappa shape index (κ1) is 7.40. The molecule has 0 fully saturated rings. The Hall–Kier alpha value is 0.290. The van der Waals surface area contributed by atoms with Gasteiger partial charge in [0.1, 0.15) is 10.5 Å². The largest absolute Gasteiger partial charge is 0.147 e. The van der Waals surface area contributed by atoms with Crippen LogP contribution in [0, 0.1) is 0 Å². The molecule has 0 spiro atoms. The van der Waals surface area contributed by atoms with Gasteiger partial charge < -0.3 is 0 Å². The van der Waals surface area contributed by atoms with Crippen LogP contribution in [0.2, 0.25) is 0 Å². The van der Waals surface area contributed by atoms with Gasteiger partial charge in [-0.05, 0) is 13.8 Å². The third-order valence-corrected chi connectivity index (χ3v) is 2.76. The molecular formula is C5H7IN2S. The molecule has 0 N–H and O–H groups in total. The van der Waals surface area contributed by atoms with Crippen molar-refractivity contribution in [1.82, 2.24) is 10.2 Å². The summed E-state index contributed by atoms with van der Waals surface area (Å²) in [4.78, 5) is 0. The summed E-state index contributed by atoms with van der Waals surface area (Å²) in [6, 6.07) is 0. The quantitative estimate of drug-likeness (QED) is 0.567. The highest BCUT2D eigenvalue weighted by Crippen LogP contribution is 2.30. The molecule has 0 aromatic carbocycles. The molecule has 0 aliphatic heterocycles. The summed E-state index contributed by atoms with van der Waals surface area (Å²) in [5, 5.41) is 8.79. The number of alkyl halides is 1. The zero-order valence-corrected chi connectivity index (χ0v) is 8.23. The van der Waals surface area contributed by atoms with Gasteiger partial charge in [0.05, 0.1) is 3.42 Å². The Labute approximate surface area is 71.8 Å². The molecule has 0 unspecified atom stereocenters. The van der Waals surface area contributed by atoms with Gasteiger partial charge in [0.2, 0.25) is 0 Å². The van der Waals surface area contributed by atoms with E-state index < -0.39 is 0 Å². The fourth-order valence-corrected chi connectivity index (χ4v) is 1.49. The summed E-state index contributed by atoms with van der Waals surface area (Å²) >= 11 is 3.95. The monoisotopic (exact) mass is 254 g/mol. The van der Waals surface area contributed by atoms with Crippen LogP contribution in [0.25, 0.3) is 0 Å². The van der Waals surface area contributed by atoms with Gasteiger partial charge in [-0.2, -0.15) is 0 Å². The summed E-state index contributed by atoms with van der Waals surface area (Å²) in [7, 11) is 0. The fraction of sp³-hybridized carbons (Fsp3) is 0.600. The maximum atomic E-state index is 3.95. The molecule has 0 saturated carbocycles. The molecule has 1 aromatic rings. The van der Waals surface area contributed by atoms with Crippen LogP contribution >= 0.6 is 33.9 Å². The van der Waals surface area contributed by atoms with Crippen LogP contribution in [0.1, 0.15) is 18.9 Å². The Morgan fingerprint density at radius 2 is 2.33 bits per heavy atom. The van der Waals surface area contributed by atoms with E-state index in [1.54, 1.807) is 16.8 Å². The Balaban J connectivity index is 2.90. The van der Waals surface area contributed by atoms with Crippen molar-refractivity contribution in [2.75, 3.05) is 0 Å². The highest BCUT2D eigenvalue weighted by atomic mass is 127. The predicted molar refractivity (Wildman–Crippen MR) is 47.0 cm³/mol. The Bertz CT molecular complexity index is 177. The summed E-state index contributed by atoms with van der Waals surface area (Å²) < 4.78 is 0.138. The van der Waals surface area contributed by atoms with Gasteiger partial charge in [-0.1, -0.05) is 22.6 Å². The lowest BCUT2D eigenvalue weighted by molar-refractivity contribution is 0.791. The van der Waals surface area contributed by atoms with Crippen LogP contribution in [-0.4, -0.2) is 10.2 Å². The van der Waals surface area contributed by atoms with Crippen molar-refractivity contribution in [3.05, 3.63) is 10.5 Å². The van der Waals surface area contributed by atoms with E-state index in [0.717, 1.165) is 5.01 Å². The molecule has 0 radical (unpaired) electrons. The minimum absolute atomic E-state index is 0.138. The summed E-state index contributed by atoms with van der Waals surface area (Å²) in [5.41, 5.74) is 1.76. The van der Waals surface area contributed by atoms with Gasteiger partial charge in [-0.15, -0.1) is 21.5 Å². The van der Waals surface area contributed by atoms with E-state index in [1.165, 1.54) is 0 Å². The van der Waals surface area contributed by atoms with E-state index in [1.807, 2.05) is 0 Å². The van der Waals surface area contributed by atoms with E-state index >= 15 is 0 Å². The maximum Gasteiger partial charge on any atom is 0.132 e. The molecule has 50 valence electrons. The molecule has 9 heavy (non-hydrogen) atoms. The lowest BCUT2D eigenvalue weighted by Gasteiger charge is -2.09. The molecule has 0 amide bonds. The first-order valence-electron chi connectivity index (χ1n) is 2.56. The molecule has 0 saturated heterocycles. The minimum atomic E-state index is 0.138. The van der Waals surface area contributed by atoms with Gasteiger partial charge >= 0.3 is 0 Å². The minimum Gasteiger partial charge on any atom is -0.147 e. The average molecular weight is 254 g/mol. The number of halogens is 1. The molecule has 0 aliphatic carbocycles. The van der Waals surface area contributed by atoms with Crippen molar-refractivity contribution in [3.63, 3.8) is 0 Å². The van der Waals surface area contributed by atoms with Crippen molar-refractivity contribution in [2.24, 2.45) is 0 Å². The van der Waals surface area contributed by atoms with Crippen LogP contribution < -0.4 is 0 Å². The molecule has 0 aliphatic rings. The second-order valence-electron chi connectivity index (χ2n) is 2.22. The van der Waals surface area contributed by atoms with Crippen LogP contribution in [0.3, 0.4) is 0 Å². The predicted octanol–water partition coefficient (Wildman–Crippen LogP) is 2.21. The summed E-state index contributed by atoms with van der Waals surface area (Å²) in [6.07, 6.45) is 0. The molecule has 0 atom stereocenters. The van der Waals surface area contributed by atoms with Gasteiger partial charge in [-0.25, -0.2) is 0 Å². The van der Waals surface area contributed by atoms with E-state index in [0.29, 0.717) is 0 Å². The van der Waals surface area contributed by atoms with E-state index in [-0.39, 0.29) is 3.42 Å². The van der Waals surface area contributed by atoms with Gasteiger partial charge in [0, 0.05) is 0 Å². The lowest BCUT2D eigenvalue weighted by Crippen LogP contribution is -2.05. The van der Waals surface area contributed by atoms with Gasteiger partial charge in [-0.3, -0.25) is 0 Å². The van der Waals surface area contributed by atoms with Crippen LogP contribution in [0.15, 0.2) is 5.51 Å². The van der Waals surface area contributed by atoms with Crippen LogP contribution in [0.5, 0.6) is 0 Å². The second kappa shape index (κ2) is 2.49. The number of nitrogens with zero attached hydrogens (tertiary/aromatic N) is 2. The molecule has 1 aromatic heterocycles. The summed E-state index contributed by atoms with van der Waals surface area (Å²) in [5.74, 6) is 0. The first-order valence-corrected chi connectivity index (χ1v) is 4.52. The lowest BCUT2D eigenvalue weighted by atomic mass is 10.2. The SMILES string of the molecule is CC(C)(I)c1nncs1. The zero-order chi connectivity index (χ0) is 6.91. The average Bonchev–Trinajstić information content (AvgIpc) is 2.08. The van der Waals surface area contributed by atoms with Gasteiger partial charge in [0.15, 0.2) is 0 Å². The van der Waals surface area contributed by atoms with Crippen LogP contribution in [-0.2, 0) is 3.42 Å². The Kier molecular flexibility index (Phi) is 2.05. The zero-order valence-electron chi connectivity index (χ0n) is 5.26. The third-order valence-electron chi connectivity index (χ3n) is 0.869. The van der Waals surface area contributed by atoms with E-state index in [2.05, 4.69) is 46.6 Å². The fourth-order valence-electron chi connectivity index (χ4n) is 0.432. The smallest absolute Gasteiger partial charge is 0.132 e. The standard InChI is InChI=1S/C5H7IN2S/c1-5(2,6)4-8-7-3-9-4/h3H,1-2H3. The van der Waals surface area contributed by atoms with Crippen molar-refractivity contribution in [1.29, 1.82) is 0 Å². The third kappa shape index (κ3) is 1.86. The molecular weight excluding hydrogens is 247 g/mol. The maximum absolute atomic E-state index is 3.95. The highest BCUT2D eigenvalue weighted by molar-refractivity contribution is 14.1. The normalized spacial score (nSPS) is 11.9. The molecule has 1 heterocycles. The van der Waals surface area contributed by atoms with E-state index in [4.69, 9.17) is 0 Å². The number of rotatable bonds is 1. The van der Waals surface area contributed by atoms with Gasteiger partial charge in [0.25, 0.3) is 0 Å². The first-order chi connectivity index (χ1) is 4.11. The van der Waals surface area contributed by atoms with Crippen molar-refractivity contribution >= 4 is 33.9 Å². The second-order valence-corrected chi connectivity index (χ2v) is 5.75. The Morgan fingerprint density at radius 3 is 2.56 bits per heavy atom. The number of aromatic nitrogens is 2. The molecule has 4 heteroatoms. The topological polar surface area (TPSA) is 25.8 Å². The number of hydrogen-bond donors (Lipinski definition) is 0.